The standard InChI is InChI=1S/C22H15ClFN3O3/c23-18-10-16(5-7-20(18)30-11-13-2-1-3-15(24)8-13)27-21-17-9-14(22(28)29)4-6-19(17)25-12-26-21/h1-10,12H,11H2,(H,28,29)(H,25,26,27). The second kappa shape index (κ2) is 8.34. The molecule has 0 aliphatic rings. The zero-order chi connectivity index (χ0) is 21.1. The molecule has 0 atom stereocenters. The summed E-state index contributed by atoms with van der Waals surface area (Å²) in [5.41, 5.74) is 2.08. The van der Waals surface area contributed by atoms with Crippen molar-refractivity contribution < 1.29 is 19.0 Å². The Morgan fingerprint density at radius 2 is 1.97 bits per heavy atom. The number of rotatable bonds is 6. The molecule has 4 aromatic rings. The normalized spacial score (nSPS) is 10.7. The molecule has 150 valence electrons. The SMILES string of the molecule is O=C(O)c1ccc2ncnc(Nc3ccc(OCc4cccc(F)c4)c(Cl)c3)c2c1. The lowest BCUT2D eigenvalue weighted by Gasteiger charge is -2.12. The molecule has 0 bridgehead atoms. The smallest absolute Gasteiger partial charge is 0.335 e. The Labute approximate surface area is 175 Å². The van der Waals surface area contributed by atoms with Gasteiger partial charge in [0.05, 0.1) is 16.1 Å². The van der Waals surface area contributed by atoms with E-state index in [-0.39, 0.29) is 18.0 Å². The van der Waals surface area contributed by atoms with E-state index in [0.717, 1.165) is 0 Å². The molecule has 8 heteroatoms. The number of carboxylic acid groups (broad SMARTS) is 1. The first kappa shape index (κ1) is 19.6. The first-order valence-corrected chi connectivity index (χ1v) is 9.29. The number of nitrogens with zero attached hydrogens (tertiary/aromatic N) is 2. The van der Waals surface area contributed by atoms with Gasteiger partial charge in [0, 0.05) is 11.1 Å². The van der Waals surface area contributed by atoms with E-state index in [1.165, 1.54) is 30.6 Å². The maximum absolute atomic E-state index is 13.3. The predicted molar refractivity (Wildman–Crippen MR) is 112 cm³/mol. The number of fused-ring (bicyclic) bond motifs is 1. The van der Waals surface area contributed by atoms with Gasteiger partial charge >= 0.3 is 5.97 Å². The van der Waals surface area contributed by atoms with E-state index in [9.17, 15) is 14.3 Å². The Morgan fingerprint density at radius 1 is 1.10 bits per heavy atom. The Morgan fingerprint density at radius 3 is 2.73 bits per heavy atom. The lowest BCUT2D eigenvalue weighted by molar-refractivity contribution is 0.0697. The quantitative estimate of drug-likeness (QED) is 0.429. The lowest BCUT2D eigenvalue weighted by Crippen LogP contribution is -2.00. The number of hydrogen-bond donors (Lipinski definition) is 2. The molecule has 0 amide bonds. The van der Waals surface area contributed by atoms with Gasteiger partial charge in [-0.15, -0.1) is 0 Å². The monoisotopic (exact) mass is 423 g/mol. The fourth-order valence-corrected chi connectivity index (χ4v) is 3.14. The third-order valence-electron chi connectivity index (χ3n) is 4.36. The molecule has 3 aromatic carbocycles. The summed E-state index contributed by atoms with van der Waals surface area (Å²) in [5, 5.41) is 13.3. The van der Waals surface area contributed by atoms with E-state index in [1.54, 1.807) is 36.4 Å². The van der Waals surface area contributed by atoms with Gasteiger partial charge in [0.2, 0.25) is 0 Å². The molecule has 0 radical (unpaired) electrons. The van der Waals surface area contributed by atoms with E-state index in [0.29, 0.717) is 38.7 Å². The van der Waals surface area contributed by atoms with Crippen molar-refractivity contribution in [1.82, 2.24) is 9.97 Å². The van der Waals surface area contributed by atoms with Gasteiger partial charge in [-0.2, -0.15) is 0 Å². The lowest BCUT2D eigenvalue weighted by atomic mass is 10.1. The predicted octanol–water partition coefficient (Wildman–Crippen LogP) is 5.44. The summed E-state index contributed by atoms with van der Waals surface area (Å²) in [6.45, 7) is 0.179. The van der Waals surface area contributed by atoms with Gasteiger partial charge in [-0.05, 0) is 54.1 Å². The number of anilines is 2. The van der Waals surface area contributed by atoms with Gasteiger partial charge in [0.1, 0.15) is 30.3 Å². The van der Waals surface area contributed by atoms with Crippen molar-refractivity contribution >= 4 is 40.0 Å². The molecule has 0 fully saturated rings. The molecule has 1 heterocycles. The van der Waals surface area contributed by atoms with Crippen molar-refractivity contribution in [2.45, 2.75) is 6.61 Å². The zero-order valence-corrected chi connectivity index (χ0v) is 16.2. The van der Waals surface area contributed by atoms with Crippen LogP contribution in [-0.2, 0) is 6.61 Å². The Kier molecular flexibility index (Phi) is 5.45. The summed E-state index contributed by atoms with van der Waals surface area (Å²) < 4.78 is 19.0. The number of hydrogen-bond acceptors (Lipinski definition) is 5. The fraction of sp³-hybridized carbons (Fsp3) is 0.0455. The first-order valence-electron chi connectivity index (χ1n) is 8.91. The van der Waals surface area contributed by atoms with Gasteiger partial charge in [-0.3, -0.25) is 0 Å². The molecule has 0 saturated carbocycles. The molecule has 30 heavy (non-hydrogen) atoms. The van der Waals surface area contributed by atoms with Crippen molar-refractivity contribution in [2.75, 3.05) is 5.32 Å². The summed E-state index contributed by atoms with van der Waals surface area (Å²) in [7, 11) is 0. The zero-order valence-electron chi connectivity index (χ0n) is 15.5. The van der Waals surface area contributed by atoms with E-state index in [2.05, 4.69) is 15.3 Å². The van der Waals surface area contributed by atoms with Gasteiger partial charge in [-0.25, -0.2) is 19.2 Å². The molecule has 0 aliphatic carbocycles. The van der Waals surface area contributed by atoms with Crippen LogP contribution in [0.25, 0.3) is 10.9 Å². The number of carbonyl (C=O) groups is 1. The van der Waals surface area contributed by atoms with Crippen LogP contribution >= 0.6 is 11.6 Å². The Balaban J connectivity index is 1.55. The summed E-state index contributed by atoms with van der Waals surface area (Å²) in [6, 6.07) is 15.9. The van der Waals surface area contributed by atoms with Crippen LogP contribution in [0, 0.1) is 5.82 Å². The highest BCUT2D eigenvalue weighted by molar-refractivity contribution is 6.32. The van der Waals surface area contributed by atoms with Crippen LogP contribution in [0.15, 0.2) is 67.0 Å². The second-order valence-electron chi connectivity index (χ2n) is 6.45. The number of halogens is 2. The maximum Gasteiger partial charge on any atom is 0.335 e. The average Bonchev–Trinajstić information content (AvgIpc) is 2.73. The number of benzene rings is 3. The van der Waals surface area contributed by atoms with Crippen molar-refractivity contribution in [2.24, 2.45) is 0 Å². The fourth-order valence-electron chi connectivity index (χ4n) is 2.91. The largest absolute Gasteiger partial charge is 0.487 e. The topological polar surface area (TPSA) is 84.3 Å². The molecule has 2 N–H and O–H groups in total. The number of aromatic carboxylic acids is 1. The Hall–Kier alpha value is -3.71. The summed E-state index contributed by atoms with van der Waals surface area (Å²) in [4.78, 5) is 19.6. The molecule has 6 nitrogen and oxygen atoms in total. The molecule has 1 aromatic heterocycles. The highest BCUT2D eigenvalue weighted by atomic mass is 35.5. The van der Waals surface area contributed by atoms with E-state index < -0.39 is 5.97 Å². The summed E-state index contributed by atoms with van der Waals surface area (Å²) in [5.74, 6) is -0.459. The molecular weight excluding hydrogens is 409 g/mol. The molecule has 0 saturated heterocycles. The van der Waals surface area contributed by atoms with Crippen LogP contribution in [0.5, 0.6) is 5.75 Å². The minimum Gasteiger partial charge on any atom is -0.487 e. The highest BCUT2D eigenvalue weighted by Crippen LogP contribution is 2.31. The third-order valence-corrected chi connectivity index (χ3v) is 4.66. The minimum atomic E-state index is -1.03. The molecule has 4 rings (SSSR count). The van der Waals surface area contributed by atoms with Crippen LogP contribution < -0.4 is 10.1 Å². The Bertz CT molecular complexity index is 1250. The number of ether oxygens (including phenoxy) is 1. The van der Waals surface area contributed by atoms with Crippen molar-refractivity contribution in [1.29, 1.82) is 0 Å². The van der Waals surface area contributed by atoms with Gasteiger partial charge in [0.25, 0.3) is 0 Å². The van der Waals surface area contributed by atoms with Crippen molar-refractivity contribution in [3.63, 3.8) is 0 Å². The first-order chi connectivity index (χ1) is 14.5. The molecule has 0 spiro atoms. The number of aromatic nitrogens is 2. The third kappa shape index (κ3) is 4.31. The summed E-state index contributed by atoms with van der Waals surface area (Å²) >= 11 is 6.33. The van der Waals surface area contributed by atoms with Gasteiger partial charge < -0.3 is 15.2 Å². The van der Waals surface area contributed by atoms with Gasteiger partial charge in [-0.1, -0.05) is 23.7 Å². The summed E-state index contributed by atoms with van der Waals surface area (Å²) in [6.07, 6.45) is 1.39. The minimum absolute atomic E-state index is 0.138. The van der Waals surface area contributed by atoms with E-state index in [4.69, 9.17) is 16.3 Å². The van der Waals surface area contributed by atoms with Crippen LogP contribution in [-0.4, -0.2) is 21.0 Å². The van der Waals surface area contributed by atoms with E-state index in [1.807, 2.05) is 0 Å². The van der Waals surface area contributed by atoms with Crippen molar-refractivity contribution in [3.05, 3.63) is 89.0 Å². The van der Waals surface area contributed by atoms with Crippen LogP contribution in [0.4, 0.5) is 15.9 Å². The van der Waals surface area contributed by atoms with Crippen LogP contribution in [0.1, 0.15) is 15.9 Å². The van der Waals surface area contributed by atoms with Crippen LogP contribution in [0.2, 0.25) is 5.02 Å². The molecular formula is C22H15ClFN3O3. The number of nitrogens with one attached hydrogen (secondary N) is 1. The molecule has 0 unspecified atom stereocenters. The molecule has 0 aliphatic heterocycles. The maximum atomic E-state index is 13.3. The second-order valence-corrected chi connectivity index (χ2v) is 6.86. The average molecular weight is 424 g/mol. The van der Waals surface area contributed by atoms with Crippen molar-refractivity contribution in [3.8, 4) is 5.75 Å². The number of carboxylic acids is 1. The van der Waals surface area contributed by atoms with Crippen LogP contribution in [0.3, 0.4) is 0 Å². The van der Waals surface area contributed by atoms with Gasteiger partial charge in [0.15, 0.2) is 0 Å². The van der Waals surface area contributed by atoms with E-state index >= 15 is 0 Å². The highest BCUT2D eigenvalue weighted by Gasteiger charge is 2.10.